The molecule has 8 nitrogen and oxygen atoms in total. The Morgan fingerprint density at radius 2 is 1.65 bits per heavy atom. The Labute approximate surface area is 222 Å². The summed E-state index contributed by atoms with van der Waals surface area (Å²) in [4.78, 5) is 16.5. The van der Waals surface area contributed by atoms with Crippen molar-refractivity contribution < 1.29 is 23.7 Å². The van der Waals surface area contributed by atoms with Crippen molar-refractivity contribution in [2.24, 2.45) is 5.92 Å². The summed E-state index contributed by atoms with van der Waals surface area (Å²) in [5, 5.41) is 7.03. The van der Waals surface area contributed by atoms with Crippen molar-refractivity contribution in [2.75, 3.05) is 65.2 Å². The second-order valence-corrected chi connectivity index (χ2v) is 10.0. The van der Waals surface area contributed by atoms with Crippen molar-refractivity contribution in [3.8, 4) is 16.3 Å². The maximum Gasteiger partial charge on any atom is 0.220 e. The molecule has 1 aromatic heterocycles. The number of benzene rings is 2. The molecule has 9 heteroatoms. The molecule has 1 heterocycles. The lowest BCUT2D eigenvalue weighted by molar-refractivity contribution is -0.122. The van der Waals surface area contributed by atoms with Crippen molar-refractivity contribution >= 4 is 33.1 Å². The first-order chi connectivity index (χ1) is 18.2. The third-order valence-corrected chi connectivity index (χ3v) is 7.36. The van der Waals surface area contributed by atoms with E-state index in [0.717, 1.165) is 32.2 Å². The van der Waals surface area contributed by atoms with E-state index in [2.05, 4.69) is 34.9 Å². The summed E-state index contributed by atoms with van der Waals surface area (Å²) < 4.78 is 23.5. The summed E-state index contributed by atoms with van der Waals surface area (Å²) in [5.41, 5.74) is 3.15. The molecule has 2 N–H and O–H groups in total. The third-order valence-electron chi connectivity index (χ3n) is 6.29. The van der Waals surface area contributed by atoms with E-state index < -0.39 is 0 Å². The molecule has 0 aliphatic heterocycles. The maximum atomic E-state index is 11.7. The average molecular weight is 528 g/mol. The van der Waals surface area contributed by atoms with E-state index in [1.54, 1.807) is 11.3 Å². The van der Waals surface area contributed by atoms with Crippen LogP contribution in [0.1, 0.15) is 25.7 Å². The fourth-order valence-electron chi connectivity index (χ4n) is 3.95. The van der Waals surface area contributed by atoms with Crippen LogP contribution >= 0.6 is 11.3 Å². The Morgan fingerprint density at radius 1 is 0.946 bits per heavy atom. The lowest BCUT2D eigenvalue weighted by Crippen LogP contribution is -2.30. The standard InChI is InChI=1S/C28H37N3O5S/c1-29-23-7-5-22(6-8-23)28-31-25-10-9-24(20-26(25)37-28)36-18-17-35-16-15-34-14-13-33-12-11-30-27(32)19-21-3-2-4-21/h5-10,20-21,29H,2-4,11-19H2,1H3,(H,30,32). The minimum Gasteiger partial charge on any atom is -0.491 e. The first-order valence-electron chi connectivity index (χ1n) is 13.0. The van der Waals surface area contributed by atoms with Crippen LogP contribution < -0.4 is 15.4 Å². The van der Waals surface area contributed by atoms with E-state index in [9.17, 15) is 4.79 Å². The molecular formula is C28H37N3O5S. The molecule has 2 aromatic carbocycles. The van der Waals surface area contributed by atoms with E-state index in [4.69, 9.17) is 23.9 Å². The number of fused-ring (bicyclic) bond motifs is 1. The van der Waals surface area contributed by atoms with E-state index in [0.29, 0.717) is 65.1 Å². The number of aromatic nitrogens is 1. The number of carbonyl (C=O) groups excluding carboxylic acids is 1. The first-order valence-corrected chi connectivity index (χ1v) is 13.8. The number of amides is 1. The third kappa shape index (κ3) is 8.96. The Hall–Kier alpha value is -2.72. The van der Waals surface area contributed by atoms with Crippen LogP contribution in [0.25, 0.3) is 20.8 Å². The molecule has 1 aliphatic carbocycles. The topological polar surface area (TPSA) is 90.9 Å². The van der Waals surface area contributed by atoms with Crippen molar-refractivity contribution in [3.63, 3.8) is 0 Å². The van der Waals surface area contributed by atoms with Crippen LogP contribution in [0.15, 0.2) is 42.5 Å². The number of ether oxygens (including phenoxy) is 4. The molecule has 200 valence electrons. The van der Waals surface area contributed by atoms with Crippen molar-refractivity contribution in [2.45, 2.75) is 25.7 Å². The van der Waals surface area contributed by atoms with E-state index in [-0.39, 0.29) is 5.91 Å². The van der Waals surface area contributed by atoms with Gasteiger partial charge in [-0.2, -0.15) is 0 Å². The van der Waals surface area contributed by atoms with Crippen LogP contribution in [-0.2, 0) is 19.0 Å². The molecule has 0 atom stereocenters. The summed E-state index contributed by atoms with van der Waals surface area (Å²) in [6.45, 7) is 4.04. The van der Waals surface area contributed by atoms with Gasteiger partial charge < -0.3 is 29.6 Å². The minimum absolute atomic E-state index is 0.135. The highest BCUT2D eigenvalue weighted by atomic mass is 32.1. The molecule has 1 aliphatic rings. The smallest absolute Gasteiger partial charge is 0.220 e. The largest absolute Gasteiger partial charge is 0.491 e. The number of nitrogens with zero attached hydrogens (tertiary/aromatic N) is 1. The van der Waals surface area contributed by atoms with Gasteiger partial charge >= 0.3 is 0 Å². The summed E-state index contributed by atoms with van der Waals surface area (Å²) in [6, 6.07) is 14.2. The predicted octanol–water partition coefficient (Wildman–Crippen LogP) is 4.74. The van der Waals surface area contributed by atoms with E-state index in [1.807, 2.05) is 25.2 Å². The zero-order chi connectivity index (χ0) is 25.7. The van der Waals surface area contributed by atoms with Crippen molar-refractivity contribution in [1.82, 2.24) is 10.3 Å². The fraction of sp³-hybridized carbons (Fsp3) is 0.500. The Balaban J connectivity index is 1.01. The number of thiazole rings is 1. The number of anilines is 1. The SMILES string of the molecule is CNc1ccc(-c2nc3ccc(OCCOCCOCCOCCNC(=O)CC4CCC4)cc3s2)cc1. The van der Waals surface area contributed by atoms with Gasteiger partial charge in [0.25, 0.3) is 0 Å². The summed E-state index contributed by atoms with van der Waals surface area (Å²) in [5.74, 6) is 1.54. The van der Waals surface area contributed by atoms with Gasteiger partial charge in [-0.15, -0.1) is 11.3 Å². The monoisotopic (exact) mass is 527 g/mol. The van der Waals surface area contributed by atoms with Crippen LogP contribution in [0, 0.1) is 5.92 Å². The van der Waals surface area contributed by atoms with Crippen LogP contribution in [-0.4, -0.2) is 70.7 Å². The first kappa shape index (κ1) is 27.3. The molecule has 4 rings (SSSR count). The van der Waals surface area contributed by atoms with Crippen LogP contribution in [0.5, 0.6) is 5.75 Å². The highest BCUT2D eigenvalue weighted by Gasteiger charge is 2.20. The molecule has 1 fully saturated rings. The van der Waals surface area contributed by atoms with Gasteiger partial charge in [-0.25, -0.2) is 4.98 Å². The van der Waals surface area contributed by atoms with Crippen LogP contribution in [0.2, 0.25) is 0 Å². The second-order valence-electron chi connectivity index (χ2n) is 9.01. The van der Waals surface area contributed by atoms with Gasteiger partial charge in [-0.3, -0.25) is 4.79 Å². The normalized spacial score (nSPS) is 13.4. The van der Waals surface area contributed by atoms with Crippen LogP contribution in [0.3, 0.4) is 0 Å². The van der Waals surface area contributed by atoms with Crippen LogP contribution in [0.4, 0.5) is 5.69 Å². The number of nitrogens with one attached hydrogen (secondary N) is 2. The van der Waals surface area contributed by atoms with Gasteiger partial charge in [0.2, 0.25) is 5.91 Å². The summed E-state index contributed by atoms with van der Waals surface area (Å²) in [7, 11) is 1.91. The summed E-state index contributed by atoms with van der Waals surface area (Å²) in [6.07, 6.45) is 4.30. The van der Waals surface area contributed by atoms with Gasteiger partial charge in [0.15, 0.2) is 0 Å². The molecule has 0 bridgehead atoms. The Kier molecular flexibility index (Phi) is 11.0. The molecule has 0 unspecified atom stereocenters. The van der Waals surface area contributed by atoms with Gasteiger partial charge in [-0.1, -0.05) is 6.42 Å². The van der Waals surface area contributed by atoms with Crippen molar-refractivity contribution in [1.29, 1.82) is 0 Å². The lowest BCUT2D eigenvalue weighted by atomic mass is 9.83. The zero-order valence-electron chi connectivity index (χ0n) is 21.5. The van der Waals surface area contributed by atoms with Crippen molar-refractivity contribution in [3.05, 3.63) is 42.5 Å². The number of carbonyl (C=O) groups is 1. The van der Waals surface area contributed by atoms with Gasteiger partial charge in [0.05, 0.1) is 49.9 Å². The second kappa shape index (κ2) is 14.9. The maximum absolute atomic E-state index is 11.7. The quantitative estimate of drug-likeness (QED) is 0.245. The molecule has 3 aromatic rings. The molecule has 0 spiro atoms. The predicted molar refractivity (Wildman–Crippen MR) is 148 cm³/mol. The fourth-order valence-corrected chi connectivity index (χ4v) is 4.95. The number of hydrogen-bond donors (Lipinski definition) is 2. The molecule has 1 saturated carbocycles. The molecular weight excluding hydrogens is 490 g/mol. The highest BCUT2D eigenvalue weighted by molar-refractivity contribution is 7.21. The van der Waals surface area contributed by atoms with Gasteiger partial charge in [0, 0.05) is 31.3 Å². The summed E-state index contributed by atoms with van der Waals surface area (Å²) >= 11 is 1.66. The number of hydrogen-bond acceptors (Lipinski definition) is 8. The minimum atomic E-state index is 0.135. The molecule has 0 radical (unpaired) electrons. The number of rotatable bonds is 17. The molecule has 0 saturated heterocycles. The van der Waals surface area contributed by atoms with E-state index in [1.165, 1.54) is 19.3 Å². The van der Waals surface area contributed by atoms with Gasteiger partial charge in [-0.05, 0) is 61.2 Å². The zero-order valence-corrected chi connectivity index (χ0v) is 22.3. The Bertz CT molecular complexity index is 1100. The Morgan fingerprint density at radius 3 is 2.32 bits per heavy atom. The molecule has 37 heavy (non-hydrogen) atoms. The van der Waals surface area contributed by atoms with Gasteiger partial charge in [0.1, 0.15) is 17.4 Å². The average Bonchev–Trinajstić information content (AvgIpc) is 3.32. The molecule has 1 amide bonds. The lowest BCUT2D eigenvalue weighted by Gasteiger charge is -2.24. The highest BCUT2D eigenvalue weighted by Crippen LogP contribution is 2.33. The van der Waals surface area contributed by atoms with E-state index >= 15 is 0 Å².